The van der Waals surface area contributed by atoms with Crippen LogP contribution in [0.25, 0.3) is 11.0 Å². The second kappa shape index (κ2) is 9.26. The lowest BCUT2D eigenvalue weighted by Crippen LogP contribution is -2.30. The highest BCUT2D eigenvalue weighted by Gasteiger charge is 2.44. The lowest BCUT2D eigenvalue weighted by molar-refractivity contribution is -0.130. The largest absolute Gasteiger partial charge is 0.503 e. The SMILES string of the molecule is COc1ccc(CN2C(=O)C(O)=C(C(=O)c3cc4ccccc4o3)C2c2ccc(N(C)C)cc2)cc1. The zero-order valence-electron chi connectivity index (χ0n) is 20.3. The fraction of sp³-hybridized carbons (Fsp3) is 0.172. The molecule has 0 saturated heterocycles. The molecule has 1 aliphatic heterocycles. The molecule has 7 heteroatoms. The van der Waals surface area contributed by atoms with Crippen molar-refractivity contribution in [2.45, 2.75) is 12.6 Å². The second-order valence-corrected chi connectivity index (χ2v) is 8.91. The van der Waals surface area contributed by atoms with E-state index in [1.807, 2.05) is 85.7 Å². The van der Waals surface area contributed by atoms with Crippen LogP contribution >= 0.6 is 0 Å². The van der Waals surface area contributed by atoms with Crippen molar-refractivity contribution in [1.29, 1.82) is 0 Å². The van der Waals surface area contributed by atoms with Crippen molar-refractivity contribution in [1.82, 2.24) is 4.90 Å². The summed E-state index contributed by atoms with van der Waals surface area (Å²) >= 11 is 0. The molecule has 2 heterocycles. The Kier molecular flexibility index (Phi) is 5.98. The molecule has 1 atom stereocenters. The Morgan fingerprint density at radius 3 is 2.36 bits per heavy atom. The molecule has 36 heavy (non-hydrogen) atoms. The summed E-state index contributed by atoms with van der Waals surface area (Å²) < 4.78 is 11.0. The molecule has 5 rings (SSSR count). The number of hydrogen-bond donors (Lipinski definition) is 1. The maximum Gasteiger partial charge on any atom is 0.290 e. The van der Waals surface area contributed by atoms with Gasteiger partial charge in [-0.05, 0) is 47.5 Å². The van der Waals surface area contributed by atoms with E-state index in [1.54, 1.807) is 19.2 Å². The molecule has 1 N–H and O–H groups in total. The molecule has 1 aliphatic rings. The normalized spacial score (nSPS) is 15.6. The number of fused-ring (bicyclic) bond motifs is 1. The number of para-hydroxylation sites is 1. The number of aliphatic hydroxyl groups excluding tert-OH is 1. The highest BCUT2D eigenvalue weighted by Crippen LogP contribution is 2.41. The topological polar surface area (TPSA) is 83.2 Å². The minimum Gasteiger partial charge on any atom is -0.503 e. The van der Waals surface area contributed by atoms with Gasteiger partial charge in [0.25, 0.3) is 5.91 Å². The molecule has 0 fully saturated rings. The first kappa shape index (κ1) is 23.2. The van der Waals surface area contributed by atoms with Crippen LogP contribution in [0.4, 0.5) is 5.69 Å². The standard InChI is InChI=1S/C29H26N2O5/c1-30(2)21-12-10-19(11-13-21)26-25(27(32)24-16-20-6-4-5-7-23(20)36-24)28(33)29(34)31(26)17-18-8-14-22(35-3)15-9-18/h4-16,26,33H,17H2,1-3H3. The number of carbonyl (C=O) groups excluding carboxylic acids is 2. The van der Waals surface area contributed by atoms with Gasteiger partial charge in [0.15, 0.2) is 11.5 Å². The summed E-state index contributed by atoms with van der Waals surface area (Å²) in [7, 11) is 5.46. The predicted molar refractivity (Wildman–Crippen MR) is 137 cm³/mol. The van der Waals surface area contributed by atoms with Gasteiger partial charge in [0.2, 0.25) is 5.78 Å². The number of hydrogen-bond acceptors (Lipinski definition) is 6. The van der Waals surface area contributed by atoms with Gasteiger partial charge in [-0.15, -0.1) is 0 Å². The monoisotopic (exact) mass is 482 g/mol. The number of benzene rings is 3. The van der Waals surface area contributed by atoms with E-state index in [0.29, 0.717) is 16.9 Å². The maximum atomic E-state index is 13.7. The molecule has 0 bridgehead atoms. The van der Waals surface area contributed by atoms with Crippen LogP contribution in [0.3, 0.4) is 0 Å². The summed E-state index contributed by atoms with van der Waals surface area (Å²) in [6.45, 7) is 0.198. The minimum absolute atomic E-state index is 0.00479. The second-order valence-electron chi connectivity index (χ2n) is 8.91. The fourth-order valence-electron chi connectivity index (χ4n) is 4.50. The summed E-state index contributed by atoms with van der Waals surface area (Å²) in [6, 6.07) is 23.1. The van der Waals surface area contributed by atoms with Crippen molar-refractivity contribution >= 4 is 28.3 Å². The summed E-state index contributed by atoms with van der Waals surface area (Å²) in [5, 5.41) is 11.7. The lowest BCUT2D eigenvalue weighted by Gasteiger charge is -2.27. The van der Waals surface area contributed by atoms with Crippen molar-refractivity contribution in [3.8, 4) is 5.75 Å². The smallest absolute Gasteiger partial charge is 0.290 e. The number of amides is 1. The number of ketones is 1. The summed E-state index contributed by atoms with van der Waals surface area (Å²) in [5.41, 5.74) is 3.09. The van der Waals surface area contributed by atoms with Crippen LogP contribution in [-0.2, 0) is 11.3 Å². The number of furan rings is 1. The zero-order valence-corrected chi connectivity index (χ0v) is 20.3. The van der Waals surface area contributed by atoms with Crippen LogP contribution in [0.5, 0.6) is 5.75 Å². The van der Waals surface area contributed by atoms with Crippen molar-refractivity contribution < 1.29 is 23.8 Å². The summed E-state index contributed by atoms with van der Waals surface area (Å²) in [4.78, 5) is 30.5. The average molecular weight is 483 g/mol. The van der Waals surface area contributed by atoms with Crippen molar-refractivity contribution in [3.63, 3.8) is 0 Å². The van der Waals surface area contributed by atoms with Crippen LogP contribution < -0.4 is 9.64 Å². The molecular formula is C29H26N2O5. The summed E-state index contributed by atoms with van der Waals surface area (Å²) in [5.74, 6) is -0.908. The molecule has 0 saturated carbocycles. The van der Waals surface area contributed by atoms with Gasteiger partial charge in [-0.25, -0.2) is 0 Å². The van der Waals surface area contributed by atoms with Gasteiger partial charge in [-0.2, -0.15) is 0 Å². The van der Waals surface area contributed by atoms with E-state index < -0.39 is 23.5 Å². The van der Waals surface area contributed by atoms with E-state index in [4.69, 9.17) is 9.15 Å². The summed E-state index contributed by atoms with van der Waals surface area (Å²) in [6.07, 6.45) is 0. The third-order valence-corrected chi connectivity index (χ3v) is 6.43. The van der Waals surface area contributed by atoms with Crippen LogP contribution in [0.15, 0.2) is 94.6 Å². The van der Waals surface area contributed by atoms with E-state index in [-0.39, 0.29) is 17.9 Å². The van der Waals surface area contributed by atoms with E-state index in [2.05, 4.69) is 0 Å². The Morgan fingerprint density at radius 1 is 1.03 bits per heavy atom. The third-order valence-electron chi connectivity index (χ3n) is 6.43. The first-order valence-corrected chi connectivity index (χ1v) is 11.5. The van der Waals surface area contributed by atoms with Crippen LogP contribution in [0, 0.1) is 0 Å². The molecule has 0 radical (unpaired) electrons. The Balaban J connectivity index is 1.57. The third kappa shape index (κ3) is 4.09. The van der Waals surface area contributed by atoms with Crippen LogP contribution in [0.1, 0.15) is 27.7 Å². The van der Waals surface area contributed by atoms with Crippen molar-refractivity contribution in [2.24, 2.45) is 0 Å². The number of Topliss-reactive ketones (excluding diaryl/α,β-unsaturated/α-hetero) is 1. The molecule has 1 amide bonds. The van der Waals surface area contributed by atoms with E-state index >= 15 is 0 Å². The lowest BCUT2D eigenvalue weighted by atomic mass is 9.94. The predicted octanol–water partition coefficient (Wildman–Crippen LogP) is 5.29. The fourth-order valence-corrected chi connectivity index (χ4v) is 4.50. The number of ether oxygens (including phenoxy) is 1. The highest BCUT2D eigenvalue weighted by atomic mass is 16.5. The highest BCUT2D eigenvalue weighted by molar-refractivity contribution is 6.16. The van der Waals surface area contributed by atoms with E-state index in [9.17, 15) is 14.7 Å². The molecule has 1 unspecified atom stereocenters. The van der Waals surface area contributed by atoms with Gasteiger partial charge in [0, 0.05) is 31.7 Å². The molecular weight excluding hydrogens is 456 g/mol. The molecule has 182 valence electrons. The molecule has 4 aromatic rings. The van der Waals surface area contributed by atoms with Crippen molar-refractivity contribution in [3.05, 3.63) is 107 Å². The van der Waals surface area contributed by atoms with E-state index in [1.165, 1.54) is 4.90 Å². The molecule has 7 nitrogen and oxygen atoms in total. The van der Waals surface area contributed by atoms with Gasteiger partial charge in [0.05, 0.1) is 18.7 Å². The van der Waals surface area contributed by atoms with Crippen LogP contribution in [-0.4, -0.2) is 42.9 Å². The average Bonchev–Trinajstić information content (AvgIpc) is 3.44. The van der Waals surface area contributed by atoms with Crippen LogP contribution in [0.2, 0.25) is 0 Å². The molecule has 0 spiro atoms. The van der Waals surface area contributed by atoms with Gasteiger partial charge in [0.1, 0.15) is 11.3 Å². The number of methoxy groups -OCH3 is 1. The number of carbonyl (C=O) groups is 2. The number of aliphatic hydroxyl groups is 1. The molecule has 0 aliphatic carbocycles. The Hall–Kier alpha value is -4.52. The number of rotatable bonds is 7. The van der Waals surface area contributed by atoms with Gasteiger partial charge < -0.3 is 24.1 Å². The Labute approximate surface area is 208 Å². The van der Waals surface area contributed by atoms with Gasteiger partial charge in [-0.3, -0.25) is 9.59 Å². The van der Waals surface area contributed by atoms with Crippen molar-refractivity contribution in [2.75, 3.05) is 26.1 Å². The molecule has 3 aromatic carbocycles. The molecule has 1 aromatic heterocycles. The maximum absolute atomic E-state index is 13.7. The quantitative estimate of drug-likeness (QED) is 0.361. The minimum atomic E-state index is -0.781. The zero-order chi connectivity index (χ0) is 25.4. The number of nitrogens with zero attached hydrogens (tertiary/aromatic N) is 2. The Bertz CT molecular complexity index is 1430. The van der Waals surface area contributed by atoms with E-state index in [0.717, 1.165) is 16.6 Å². The van der Waals surface area contributed by atoms with Gasteiger partial charge >= 0.3 is 0 Å². The number of anilines is 1. The Morgan fingerprint density at radius 2 is 1.72 bits per heavy atom. The first-order chi connectivity index (χ1) is 17.4. The van der Waals surface area contributed by atoms with Gasteiger partial charge in [-0.1, -0.05) is 42.5 Å². The first-order valence-electron chi connectivity index (χ1n) is 11.5.